The van der Waals surface area contributed by atoms with E-state index in [2.05, 4.69) is 0 Å². The summed E-state index contributed by atoms with van der Waals surface area (Å²) in [5.41, 5.74) is 0. The second-order valence-corrected chi connectivity index (χ2v) is 4.48. The zero-order valence-corrected chi connectivity index (χ0v) is 10.1. The molecule has 0 N–H and O–H groups in total. The van der Waals surface area contributed by atoms with E-state index < -0.39 is 8.03 Å². The maximum absolute atomic E-state index is 10.9. The molecule has 4 heteroatoms. The Labute approximate surface area is 91.3 Å². The van der Waals surface area contributed by atoms with Crippen LogP contribution in [0.25, 0.3) is 0 Å². The minimum absolute atomic E-state index is 0.0819. The highest BCUT2D eigenvalue weighted by atomic mass is 31.1. The second kappa shape index (κ2) is 6.65. The van der Waals surface area contributed by atoms with Gasteiger partial charge in [-0.1, -0.05) is 25.1 Å². The van der Waals surface area contributed by atoms with Crippen molar-refractivity contribution in [1.29, 1.82) is 0 Å². The summed E-state index contributed by atoms with van der Waals surface area (Å²) in [5.74, 6) is 0.815. The number of benzene rings is 1. The number of para-hydroxylation sites is 1. The van der Waals surface area contributed by atoms with Crippen LogP contribution in [-0.2, 0) is 9.09 Å². The number of hydrogen-bond donors (Lipinski definition) is 0. The summed E-state index contributed by atoms with van der Waals surface area (Å²) in [4.78, 5) is 0. The first kappa shape index (κ1) is 12.3. The molecule has 0 fully saturated rings. The molecular formula is C11H17O3P. The predicted molar refractivity (Wildman–Crippen MR) is 62.0 cm³/mol. The van der Waals surface area contributed by atoms with Gasteiger partial charge in [0.25, 0.3) is 0 Å². The fraction of sp³-hybridized carbons (Fsp3) is 0.455. The lowest BCUT2D eigenvalue weighted by Gasteiger charge is -2.15. The maximum atomic E-state index is 10.9. The van der Waals surface area contributed by atoms with E-state index >= 15 is 0 Å². The molecule has 0 heterocycles. The molecule has 2 atom stereocenters. The van der Waals surface area contributed by atoms with Crippen molar-refractivity contribution in [3.8, 4) is 5.75 Å². The van der Waals surface area contributed by atoms with Crippen LogP contribution >= 0.6 is 8.03 Å². The van der Waals surface area contributed by atoms with Gasteiger partial charge in [-0.2, -0.15) is 0 Å². The van der Waals surface area contributed by atoms with Crippen LogP contribution < -0.4 is 4.74 Å². The van der Waals surface area contributed by atoms with Crippen molar-refractivity contribution in [2.75, 3.05) is 13.3 Å². The summed E-state index contributed by atoms with van der Waals surface area (Å²) in [7, 11) is -1.88. The fourth-order valence-electron chi connectivity index (χ4n) is 1.18. The summed E-state index contributed by atoms with van der Waals surface area (Å²) in [6.07, 6.45) is 0.721. The third kappa shape index (κ3) is 5.01. The van der Waals surface area contributed by atoms with E-state index in [0.717, 1.165) is 12.2 Å². The average Bonchev–Trinajstić information content (AvgIpc) is 2.25. The van der Waals surface area contributed by atoms with Crippen molar-refractivity contribution in [1.82, 2.24) is 0 Å². The highest BCUT2D eigenvalue weighted by Crippen LogP contribution is 2.21. The third-order valence-corrected chi connectivity index (χ3v) is 2.63. The van der Waals surface area contributed by atoms with Crippen LogP contribution in [0.5, 0.6) is 5.75 Å². The Morgan fingerprint density at radius 3 is 2.53 bits per heavy atom. The van der Waals surface area contributed by atoms with Crippen LogP contribution in [0.15, 0.2) is 30.3 Å². The Kier molecular flexibility index (Phi) is 5.44. The van der Waals surface area contributed by atoms with Crippen molar-refractivity contribution < 1.29 is 13.8 Å². The molecule has 0 aromatic heterocycles. The van der Waals surface area contributed by atoms with E-state index in [1.807, 2.05) is 37.3 Å². The van der Waals surface area contributed by atoms with Gasteiger partial charge in [0.1, 0.15) is 12.4 Å². The van der Waals surface area contributed by atoms with Gasteiger partial charge in [0, 0.05) is 6.66 Å². The lowest BCUT2D eigenvalue weighted by molar-refractivity contribution is 0.134. The van der Waals surface area contributed by atoms with Gasteiger partial charge in [-0.25, -0.2) is 0 Å². The molecule has 1 aromatic rings. The topological polar surface area (TPSA) is 35.5 Å². The Morgan fingerprint density at radius 1 is 1.33 bits per heavy atom. The SMILES string of the molecule is CC[C@H](COc1ccccc1)O[PH](C)=O. The maximum Gasteiger partial charge on any atom is 0.189 e. The molecule has 0 bridgehead atoms. The Bertz CT molecular complexity index is 300. The number of hydrogen-bond acceptors (Lipinski definition) is 3. The molecule has 84 valence electrons. The third-order valence-electron chi connectivity index (χ3n) is 1.97. The first-order valence-corrected chi connectivity index (χ1v) is 6.89. The molecule has 0 saturated heterocycles. The number of rotatable bonds is 6. The van der Waals surface area contributed by atoms with Crippen LogP contribution in [-0.4, -0.2) is 19.4 Å². The normalized spacial score (nSPS) is 14.5. The van der Waals surface area contributed by atoms with Crippen LogP contribution in [0.4, 0.5) is 0 Å². The van der Waals surface area contributed by atoms with Gasteiger partial charge in [-0.3, -0.25) is 4.57 Å². The molecule has 0 aliphatic heterocycles. The summed E-state index contributed by atoms with van der Waals surface area (Å²) >= 11 is 0. The molecule has 1 aromatic carbocycles. The van der Waals surface area contributed by atoms with Crippen molar-refractivity contribution in [2.24, 2.45) is 0 Å². The average molecular weight is 228 g/mol. The molecular weight excluding hydrogens is 211 g/mol. The van der Waals surface area contributed by atoms with Crippen molar-refractivity contribution in [3.63, 3.8) is 0 Å². The second-order valence-electron chi connectivity index (χ2n) is 3.26. The molecule has 0 amide bonds. The lowest BCUT2D eigenvalue weighted by atomic mass is 10.3. The van der Waals surface area contributed by atoms with E-state index in [1.54, 1.807) is 6.66 Å². The molecule has 15 heavy (non-hydrogen) atoms. The van der Waals surface area contributed by atoms with E-state index in [9.17, 15) is 4.57 Å². The first-order chi connectivity index (χ1) is 7.22. The zero-order chi connectivity index (χ0) is 11.1. The van der Waals surface area contributed by atoms with Gasteiger partial charge < -0.3 is 9.26 Å². The monoisotopic (exact) mass is 228 g/mol. The molecule has 1 rings (SSSR count). The van der Waals surface area contributed by atoms with Crippen molar-refractivity contribution >= 4 is 8.03 Å². The van der Waals surface area contributed by atoms with Gasteiger partial charge >= 0.3 is 0 Å². The first-order valence-electron chi connectivity index (χ1n) is 5.07. The quantitative estimate of drug-likeness (QED) is 0.702. The molecule has 0 aliphatic rings. The van der Waals surface area contributed by atoms with Crippen molar-refractivity contribution in [2.45, 2.75) is 19.4 Å². The molecule has 0 radical (unpaired) electrons. The lowest BCUT2D eigenvalue weighted by Crippen LogP contribution is -2.18. The van der Waals surface area contributed by atoms with Gasteiger partial charge in [0.2, 0.25) is 0 Å². The molecule has 0 saturated carbocycles. The predicted octanol–water partition coefficient (Wildman–Crippen LogP) is 2.97. The summed E-state index contributed by atoms with van der Waals surface area (Å²) < 4.78 is 21.7. The smallest absolute Gasteiger partial charge is 0.189 e. The van der Waals surface area contributed by atoms with Gasteiger partial charge in [0.05, 0.1) is 6.10 Å². The molecule has 1 unspecified atom stereocenters. The summed E-state index contributed by atoms with van der Waals surface area (Å²) in [5, 5.41) is 0. The van der Waals surface area contributed by atoms with Gasteiger partial charge in [0.15, 0.2) is 8.03 Å². The Balaban J connectivity index is 2.37. The van der Waals surface area contributed by atoms with Crippen LogP contribution in [0, 0.1) is 0 Å². The van der Waals surface area contributed by atoms with Crippen LogP contribution in [0.3, 0.4) is 0 Å². The van der Waals surface area contributed by atoms with Gasteiger partial charge in [-0.15, -0.1) is 0 Å². The Hall–Kier alpha value is -0.790. The van der Waals surface area contributed by atoms with Crippen molar-refractivity contribution in [3.05, 3.63) is 30.3 Å². The fourth-order valence-corrected chi connectivity index (χ4v) is 1.88. The minimum Gasteiger partial charge on any atom is -0.491 e. The number of ether oxygens (including phenoxy) is 1. The summed E-state index contributed by atoms with van der Waals surface area (Å²) in [6, 6.07) is 9.55. The standard InChI is InChI=1S/C11H17O3P/c1-3-10(14-15(2)12)9-13-11-7-5-4-6-8-11/h4-8,10,15H,3,9H2,1-2H3/t10-/m1/s1. The molecule has 0 spiro atoms. The van der Waals surface area contributed by atoms with E-state index in [1.165, 1.54) is 0 Å². The van der Waals surface area contributed by atoms with E-state index in [-0.39, 0.29) is 6.10 Å². The van der Waals surface area contributed by atoms with Crippen LogP contribution in [0.1, 0.15) is 13.3 Å². The molecule has 0 aliphatic carbocycles. The largest absolute Gasteiger partial charge is 0.491 e. The van der Waals surface area contributed by atoms with E-state index in [4.69, 9.17) is 9.26 Å². The minimum atomic E-state index is -1.88. The van der Waals surface area contributed by atoms with E-state index in [0.29, 0.717) is 6.61 Å². The Morgan fingerprint density at radius 2 is 2.00 bits per heavy atom. The zero-order valence-electron chi connectivity index (χ0n) is 9.10. The highest BCUT2D eigenvalue weighted by molar-refractivity contribution is 7.38. The molecule has 3 nitrogen and oxygen atoms in total. The van der Waals surface area contributed by atoms with Gasteiger partial charge in [-0.05, 0) is 18.6 Å². The summed E-state index contributed by atoms with van der Waals surface area (Å²) in [6.45, 7) is 4.03. The van der Waals surface area contributed by atoms with Crippen LogP contribution in [0.2, 0.25) is 0 Å². The highest BCUT2D eigenvalue weighted by Gasteiger charge is 2.08.